The fraction of sp³-hybridized carbons (Fsp3) is 0.0833. The monoisotopic (exact) mass is 266 g/mol. The van der Waals surface area contributed by atoms with Crippen molar-refractivity contribution in [2.24, 2.45) is 0 Å². The quantitative estimate of drug-likeness (QED) is 0.415. The minimum absolute atomic E-state index is 0. The number of nitrogen functional groups attached to an aromatic ring is 1. The maximum atomic E-state index is 8.70. The Kier molecular flexibility index (Phi) is 8.06. The third kappa shape index (κ3) is 6.74. The van der Waals surface area contributed by atoms with Crippen LogP contribution in [0.4, 0.5) is 5.69 Å². The number of rotatable bonds is 1. The van der Waals surface area contributed by atoms with Gasteiger partial charge in [0.25, 0.3) is 0 Å². The Bertz CT molecular complexity index is 386. The summed E-state index contributed by atoms with van der Waals surface area (Å²) in [7, 11) is 0. The first kappa shape index (κ1) is 15.6. The maximum absolute atomic E-state index is 8.70. The summed E-state index contributed by atoms with van der Waals surface area (Å²) in [6.45, 7) is 0.0286. The number of hydrogen-bond donors (Lipinski definition) is 3. The van der Waals surface area contributed by atoms with Crippen LogP contribution in [0.2, 0.25) is 0 Å². The Balaban J connectivity index is 0.000000284. The molecule has 0 fully saturated rings. The summed E-state index contributed by atoms with van der Waals surface area (Å²) in [6, 6.07) is 11.8. The topological polar surface area (TPSA) is 79.4 Å². The SMILES string of the molecule is Nc1ccc(O)cc1.OCc1ccccn1.[Ti+4]. The molecule has 0 amide bonds. The van der Waals surface area contributed by atoms with Crippen LogP contribution in [-0.2, 0) is 28.3 Å². The minimum atomic E-state index is 0. The summed E-state index contributed by atoms with van der Waals surface area (Å²) in [4.78, 5) is 3.85. The van der Waals surface area contributed by atoms with Crippen LogP contribution in [0.1, 0.15) is 5.69 Å². The van der Waals surface area contributed by atoms with Crippen LogP contribution < -0.4 is 5.73 Å². The fourth-order valence-electron chi connectivity index (χ4n) is 0.966. The second-order valence-corrected chi connectivity index (χ2v) is 3.07. The Hall–Kier alpha value is -1.36. The zero-order valence-electron chi connectivity index (χ0n) is 9.24. The molecule has 0 aliphatic rings. The van der Waals surface area contributed by atoms with Crippen LogP contribution in [0.3, 0.4) is 0 Å². The summed E-state index contributed by atoms with van der Waals surface area (Å²) in [5, 5.41) is 17.2. The van der Waals surface area contributed by atoms with Crippen LogP contribution in [0.25, 0.3) is 0 Å². The summed E-state index contributed by atoms with van der Waals surface area (Å²) in [6.07, 6.45) is 1.66. The molecule has 1 aromatic heterocycles. The number of benzene rings is 1. The van der Waals surface area contributed by atoms with E-state index in [0.717, 1.165) is 0 Å². The van der Waals surface area contributed by atoms with Crippen LogP contribution in [-0.4, -0.2) is 15.2 Å². The number of aromatic nitrogens is 1. The predicted octanol–water partition coefficient (Wildman–Crippen LogP) is 1.55. The van der Waals surface area contributed by atoms with E-state index in [9.17, 15) is 0 Å². The number of nitrogens with two attached hydrogens (primary N) is 1. The molecule has 1 heterocycles. The number of hydrogen-bond acceptors (Lipinski definition) is 4. The largest absolute Gasteiger partial charge is 4.00 e. The Morgan fingerprint density at radius 1 is 1.06 bits per heavy atom. The van der Waals surface area contributed by atoms with E-state index in [4.69, 9.17) is 15.9 Å². The molecule has 4 nitrogen and oxygen atoms in total. The first-order chi connectivity index (χ1) is 7.72. The van der Waals surface area contributed by atoms with E-state index in [2.05, 4.69) is 4.98 Å². The zero-order chi connectivity index (χ0) is 11.8. The molecule has 0 saturated heterocycles. The fourth-order valence-corrected chi connectivity index (χ4v) is 0.966. The first-order valence-electron chi connectivity index (χ1n) is 4.77. The van der Waals surface area contributed by atoms with Gasteiger partial charge in [0, 0.05) is 11.9 Å². The molecule has 1 aromatic carbocycles. The number of aliphatic hydroxyl groups is 1. The minimum Gasteiger partial charge on any atom is -0.508 e. The van der Waals surface area contributed by atoms with Gasteiger partial charge in [-0.05, 0) is 36.4 Å². The van der Waals surface area contributed by atoms with E-state index >= 15 is 0 Å². The molecule has 0 spiro atoms. The third-order valence-electron chi connectivity index (χ3n) is 1.78. The summed E-state index contributed by atoms with van der Waals surface area (Å²) >= 11 is 0. The summed E-state index contributed by atoms with van der Waals surface area (Å²) in [5.74, 6) is 0.249. The number of phenols is 1. The molecule has 0 aliphatic carbocycles. The molecule has 0 aliphatic heterocycles. The van der Waals surface area contributed by atoms with E-state index in [1.54, 1.807) is 36.5 Å². The van der Waals surface area contributed by atoms with Gasteiger partial charge in [-0.3, -0.25) is 4.98 Å². The number of phenolic OH excluding ortho intramolecular Hbond substituents is 1. The molecule has 0 radical (unpaired) electrons. The number of aromatic hydroxyl groups is 1. The standard InChI is InChI=1S/2C6H7NO.Ti/c7-5-1-3-6(8)4-2-5;8-5-6-3-1-2-4-7-6;/h1-4,8H,7H2;1-4,8H,5H2;/q;;+4. The van der Waals surface area contributed by atoms with Crippen molar-refractivity contribution in [3.63, 3.8) is 0 Å². The molecule has 84 valence electrons. The molecule has 0 saturated carbocycles. The van der Waals surface area contributed by atoms with Crippen LogP contribution in [0.5, 0.6) is 5.75 Å². The van der Waals surface area contributed by atoms with E-state index in [1.807, 2.05) is 12.1 Å². The molecular formula is C12H14N2O2Ti+4. The second kappa shape index (κ2) is 8.76. The van der Waals surface area contributed by atoms with Crippen molar-refractivity contribution in [2.75, 3.05) is 5.73 Å². The van der Waals surface area contributed by atoms with Gasteiger partial charge in [-0.1, -0.05) is 6.07 Å². The van der Waals surface area contributed by atoms with Crippen molar-refractivity contribution in [2.45, 2.75) is 6.61 Å². The Labute approximate surface area is 115 Å². The molecule has 4 N–H and O–H groups in total. The van der Waals surface area contributed by atoms with E-state index in [-0.39, 0.29) is 34.1 Å². The smallest absolute Gasteiger partial charge is 0.508 e. The average Bonchev–Trinajstić information content (AvgIpc) is 2.35. The maximum Gasteiger partial charge on any atom is 4.00 e. The van der Waals surface area contributed by atoms with Crippen molar-refractivity contribution in [3.8, 4) is 5.75 Å². The van der Waals surface area contributed by atoms with Crippen molar-refractivity contribution in [1.82, 2.24) is 4.98 Å². The van der Waals surface area contributed by atoms with Gasteiger partial charge < -0.3 is 15.9 Å². The molecular weight excluding hydrogens is 252 g/mol. The molecule has 2 aromatic rings. The van der Waals surface area contributed by atoms with Gasteiger partial charge in [0.1, 0.15) is 5.75 Å². The molecule has 0 atom stereocenters. The molecule has 5 heteroatoms. The van der Waals surface area contributed by atoms with Gasteiger partial charge in [0.2, 0.25) is 0 Å². The van der Waals surface area contributed by atoms with Crippen LogP contribution >= 0.6 is 0 Å². The van der Waals surface area contributed by atoms with Gasteiger partial charge in [0.05, 0.1) is 12.3 Å². The van der Waals surface area contributed by atoms with Gasteiger partial charge in [-0.15, -0.1) is 0 Å². The van der Waals surface area contributed by atoms with Gasteiger partial charge in [-0.2, -0.15) is 0 Å². The normalized spacial score (nSPS) is 8.53. The number of anilines is 1. The Morgan fingerprint density at radius 3 is 2.06 bits per heavy atom. The van der Waals surface area contributed by atoms with E-state index in [0.29, 0.717) is 11.4 Å². The average molecular weight is 266 g/mol. The van der Waals surface area contributed by atoms with Crippen molar-refractivity contribution < 1.29 is 31.9 Å². The van der Waals surface area contributed by atoms with E-state index < -0.39 is 0 Å². The number of aliphatic hydroxyl groups excluding tert-OH is 1. The van der Waals surface area contributed by atoms with Gasteiger partial charge in [-0.25, -0.2) is 0 Å². The Morgan fingerprint density at radius 2 is 1.71 bits per heavy atom. The predicted molar refractivity (Wildman–Crippen MR) is 62.7 cm³/mol. The molecule has 17 heavy (non-hydrogen) atoms. The molecule has 0 unspecified atom stereocenters. The summed E-state index contributed by atoms with van der Waals surface area (Å²) in [5.41, 5.74) is 6.70. The number of pyridine rings is 1. The van der Waals surface area contributed by atoms with Crippen LogP contribution in [0, 0.1) is 0 Å². The van der Waals surface area contributed by atoms with E-state index in [1.165, 1.54) is 0 Å². The van der Waals surface area contributed by atoms with Crippen molar-refractivity contribution in [3.05, 3.63) is 54.4 Å². The van der Waals surface area contributed by atoms with Gasteiger partial charge >= 0.3 is 21.7 Å². The first-order valence-corrected chi connectivity index (χ1v) is 4.77. The third-order valence-corrected chi connectivity index (χ3v) is 1.78. The second-order valence-electron chi connectivity index (χ2n) is 3.07. The molecule has 2 rings (SSSR count). The summed E-state index contributed by atoms with van der Waals surface area (Å²) < 4.78 is 0. The zero-order valence-corrected chi connectivity index (χ0v) is 10.8. The van der Waals surface area contributed by atoms with Crippen molar-refractivity contribution >= 4 is 5.69 Å². The van der Waals surface area contributed by atoms with Crippen LogP contribution in [0.15, 0.2) is 48.7 Å². The van der Waals surface area contributed by atoms with Gasteiger partial charge in [0.15, 0.2) is 0 Å². The van der Waals surface area contributed by atoms with Crippen molar-refractivity contribution in [1.29, 1.82) is 0 Å². The molecule has 0 bridgehead atoms. The number of nitrogens with zero attached hydrogens (tertiary/aromatic N) is 1.